The Morgan fingerprint density at radius 1 is 1.40 bits per heavy atom. The first-order valence-electron chi connectivity index (χ1n) is 5.76. The molecular weight excluding hydrogens is 272 g/mol. The van der Waals surface area contributed by atoms with Crippen molar-refractivity contribution in [1.82, 2.24) is 5.32 Å². The largest absolute Gasteiger partial charge is 0.479 e. The van der Waals surface area contributed by atoms with E-state index in [0.717, 1.165) is 6.07 Å². The lowest BCUT2D eigenvalue weighted by Crippen LogP contribution is -2.55. The molecule has 0 saturated heterocycles. The molecule has 1 atom stereocenters. The monoisotopic (exact) mass is 287 g/mol. The predicted octanol–water partition coefficient (Wildman–Crippen LogP) is 1.11. The van der Waals surface area contributed by atoms with E-state index in [-0.39, 0.29) is 12.2 Å². The van der Waals surface area contributed by atoms with Crippen LogP contribution in [0.2, 0.25) is 0 Å². The molecule has 1 amide bonds. The Hall–Kier alpha value is -2.02. The highest BCUT2D eigenvalue weighted by atomic mass is 19.2. The van der Waals surface area contributed by atoms with Gasteiger partial charge in [-0.3, -0.25) is 4.79 Å². The number of carbonyl (C=O) groups excluding carboxylic acids is 1. The topological polar surface area (TPSA) is 75.6 Å². The summed E-state index contributed by atoms with van der Waals surface area (Å²) in [6, 6.07) is 3.46. The van der Waals surface area contributed by atoms with Crippen LogP contribution in [0, 0.1) is 11.6 Å². The number of ether oxygens (including phenoxy) is 1. The van der Waals surface area contributed by atoms with Crippen molar-refractivity contribution in [2.45, 2.75) is 18.9 Å². The van der Waals surface area contributed by atoms with Gasteiger partial charge in [-0.15, -0.1) is 0 Å². The fourth-order valence-electron chi connectivity index (χ4n) is 1.65. The molecule has 0 aromatic heterocycles. The first kappa shape index (κ1) is 16.0. The van der Waals surface area contributed by atoms with Gasteiger partial charge in [-0.2, -0.15) is 0 Å². The molecule has 110 valence electrons. The number of carboxylic acids is 1. The van der Waals surface area contributed by atoms with Crippen LogP contribution in [-0.2, 0) is 20.7 Å². The Balaban J connectivity index is 2.81. The van der Waals surface area contributed by atoms with Gasteiger partial charge in [0.2, 0.25) is 5.91 Å². The Bertz CT molecular complexity index is 521. The van der Waals surface area contributed by atoms with Crippen LogP contribution in [0.25, 0.3) is 0 Å². The second kappa shape index (κ2) is 6.42. The van der Waals surface area contributed by atoms with Gasteiger partial charge in [-0.25, -0.2) is 13.6 Å². The molecule has 1 rings (SSSR count). The molecule has 0 fully saturated rings. The summed E-state index contributed by atoms with van der Waals surface area (Å²) in [5.74, 6) is -4.21. The van der Waals surface area contributed by atoms with Gasteiger partial charge in [0.25, 0.3) is 0 Å². The van der Waals surface area contributed by atoms with Crippen molar-refractivity contribution in [1.29, 1.82) is 0 Å². The van der Waals surface area contributed by atoms with Gasteiger partial charge < -0.3 is 15.2 Å². The number of carbonyl (C=O) groups is 2. The average Bonchev–Trinajstić information content (AvgIpc) is 2.35. The maximum atomic E-state index is 13.4. The van der Waals surface area contributed by atoms with Crippen molar-refractivity contribution >= 4 is 11.9 Å². The van der Waals surface area contributed by atoms with Gasteiger partial charge in [0.1, 0.15) is 0 Å². The Labute approximate surface area is 114 Å². The zero-order valence-corrected chi connectivity index (χ0v) is 11.1. The maximum Gasteiger partial charge on any atom is 0.331 e. The fraction of sp³-hybridized carbons (Fsp3) is 0.385. The van der Waals surface area contributed by atoms with Crippen LogP contribution in [0.3, 0.4) is 0 Å². The average molecular weight is 287 g/mol. The van der Waals surface area contributed by atoms with Gasteiger partial charge in [-0.1, -0.05) is 12.1 Å². The van der Waals surface area contributed by atoms with Gasteiger partial charge in [0.15, 0.2) is 17.2 Å². The number of aliphatic carboxylic acids is 1. The SMILES string of the molecule is COCC(C)(NC(=O)Cc1cccc(F)c1F)C(=O)O. The molecule has 0 spiro atoms. The summed E-state index contributed by atoms with van der Waals surface area (Å²) in [5, 5.41) is 11.3. The van der Waals surface area contributed by atoms with Crippen LogP contribution in [0.5, 0.6) is 0 Å². The van der Waals surface area contributed by atoms with E-state index in [1.54, 1.807) is 0 Å². The summed E-state index contributed by atoms with van der Waals surface area (Å²) < 4.78 is 31.1. The third-order valence-electron chi connectivity index (χ3n) is 2.70. The van der Waals surface area contributed by atoms with Gasteiger partial charge in [0.05, 0.1) is 13.0 Å². The quantitative estimate of drug-likeness (QED) is 0.822. The molecule has 5 nitrogen and oxygen atoms in total. The molecular formula is C13H15F2NO4. The second-order valence-electron chi connectivity index (χ2n) is 4.51. The van der Waals surface area contributed by atoms with E-state index in [1.165, 1.54) is 26.2 Å². The van der Waals surface area contributed by atoms with Crippen molar-refractivity contribution in [3.63, 3.8) is 0 Å². The Kier molecular flexibility index (Phi) is 5.15. The van der Waals surface area contributed by atoms with Crippen LogP contribution in [0.4, 0.5) is 8.78 Å². The van der Waals surface area contributed by atoms with E-state index in [9.17, 15) is 18.4 Å². The zero-order valence-electron chi connectivity index (χ0n) is 11.1. The van der Waals surface area contributed by atoms with Crippen molar-refractivity contribution in [2.24, 2.45) is 0 Å². The molecule has 0 aliphatic carbocycles. The van der Waals surface area contributed by atoms with Crippen molar-refractivity contribution < 1.29 is 28.2 Å². The molecule has 1 unspecified atom stereocenters. The summed E-state index contributed by atoms with van der Waals surface area (Å²) in [7, 11) is 1.29. The summed E-state index contributed by atoms with van der Waals surface area (Å²) >= 11 is 0. The number of carboxylic acid groups (broad SMARTS) is 1. The lowest BCUT2D eigenvalue weighted by molar-refractivity contribution is -0.149. The normalized spacial score (nSPS) is 13.6. The van der Waals surface area contributed by atoms with Crippen LogP contribution < -0.4 is 5.32 Å². The molecule has 0 heterocycles. The van der Waals surface area contributed by atoms with E-state index < -0.39 is 35.5 Å². The number of methoxy groups -OCH3 is 1. The summed E-state index contributed by atoms with van der Waals surface area (Å²) in [4.78, 5) is 22.8. The fourth-order valence-corrected chi connectivity index (χ4v) is 1.65. The smallest absolute Gasteiger partial charge is 0.331 e. The number of rotatable bonds is 6. The first-order valence-corrected chi connectivity index (χ1v) is 5.76. The molecule has 20 heavy (non-hydrogen) atoms. The highest BCUT2D eigenvalue weighted by Crippen LogP contribution is 2.13. The number of benzene rings is 1. The van der Waals surface area contributed by atoms with Crippen molar-refractivity contribution in [3.05, 3.63) is 35.4 Å². The Morgan fingerprint density at radius 3 is 2.60 bits per heavy atom. The molecule has 1 aromatic carbocycles. The summed E-state index contributed by atoms with van der Waals surface area (Å²) in [5.41, 5.74) is -1.78. The van der Waals surface area contributed by atoms with Crippen LogP contribution in [0.15, 0.2) is 18.2 Å². The number of halogens is 2. The number of amides is 1. The van der Waals surface area contributed by atoms with E-state index in [4.69, 9.17) is 9.84 Å². The van der Waals surface area contributed by atoms with Crippen LogP contribution >= 0.6 is 0 Å². The van der Waals surface area contributed by atoms with E-state index in [2.05, 4.69) is 5.32 Å². The lowest BCUT2D eigenvalue weighted by atomic mass is 10.0. The Morgan fingerprint density at radius 2 is 2.05 bits per heavy atom. The second-order valence-corrected chi connectivity index (χ2v) is 4.51. The third-order valence-corrected chi connectivity index (χ3v) is 2.70. The third kappa shape index (κ3) is 3.74. The molecule has 2 N–H and O–H groups in total. The number of hydrogen-bond donors (Lipinski definition) is 2. The minimum atomic E-state index is -1.63. The first-order chi connectivity index (χ1) is 9.30. The van der Waals surface area contributed by atoms with Crippen LogP contribution in [-0.4, -0.2) is 36.2 Å². The summed E-state index contributed by atoms with van der Waals surface area (Å²) in [6.45, 7) is 1.01. The summed E-state index contributed by atoms with van der Waals surface area (Å²) in [6.07, 6.45) is -0.462. The molecule has 0 saturated carbocycles. The molecule has 1 aromatic rings. The number of nitrogens with one attached hydrogen (secondary N) is 1. The van der Waals surface area contributed by atoms with Crippen LogP contribution in [0.1, 0.15) is 12.5 Å². The van der Waals surface area contributed by atoms with Gasteiger partial charge >= 0.3 is 5.97 Å². The van der Waals surface area contributed by atoms with Crippen molar-refractivity contribution in [3.8, 4) is 0 Å². The molecule has 7 heteroatoms. The zero-order chi connectivity index (χ0) is 15.3. The van der Waals surface area contributed by atoms with E-state index >= 15 is 0 Å². The standard InChI is InChI=1S/C13H15F2NO4/c1-13(7-20-2,12(18)19)16-10(17)6-8-4-3-5-9(14)11(8)15/h3-5H,6-7H2,1-2H3,(H,16,17)(H,18,19). The van der Waals surface area contributed by atoms with Gasteiger partial charge in [-0.05, 0) is 13.0 Å². The lowest BCUT2D eigenvalue weighted by Gasteiger charge is -2.25. The van der Waals surface area contributed by atoms with Gasteiger partial charge in [0, 0.05) is 12.7 Å². The van der Waals surface area contributed by atoms with E-state index in [1.807, 2.05) is 0 Å². The predicted molar refractivity (Wildman–Crippen MR) is 66.1 cm³/mol. The van der Waals surface area contributed by atoms with Crippen molar-refractivity contribution in [2.75, 3.05) is 13.7 Å². The van der Waals surface area contributed by atoms with E-state index in [0.29, 0.717) is 0 Å². The molecule has 0 aliphatic heterocycles. The highest BCUT2D eigenvalue weighted by Gasteiger charge is 2.35. The number of hydrogen-bond acceptors (Lipinski definition) is 3. The highest BCUT2D eigenvalue weighted by molar-refractivity contribution is 5.87. The minimum Gasteiger partial charge on any atom is -0.479 e. The molecule has 0 radical (unpaired) electrons. The maximum absolute atomic E-state index is 13.4. The minimum absolute atomic E-state index is 0.146. The molecule has 0 aliphatic rings. The molecule has 0 bridgehead atoms.